The van der Waals surface area contributed by atoms with Crippen molar-refractivity contribution in [1.29, 1.82) is 0 Å². The molecule has 0 amide bonds. The summed E-state index contributed by atoms with van der Waals surface area (Å²) in [7, 11) is 0. The first-order valence-corrected chi connectivity index (χ1v) is 7.02. The third-order valence-corrected chi connectivity index (χ3v) is 3.58. The van der Waals surface area contributed by atoms with E-state index >= 15 is 0 Å². The molecule has 1 aromatic carbocycles. The highest BCUT2D eigenvalue weighted by molar-refractivity contribution is 14.1. The largest absolute Gasteiger partial charge is 0.492 e. The normalized spacial score (nSPS) is 17.1. The highest BCUT2D eigenvalue weighted by Crippen LogP contribution is 2.19. The van der Waals surface area contributed by atoms with Crippen molar-refractivity contribution >= 4 is 22.6 Å². The smallest absolute Gasteiger partial charge is 0.122 e. The first-order valence-electron chi connectivity index (χ1n) is 5.95. The Bertz CT molecular complexity index is 364. The number of benzene rings is 1. The van der Waals surface area contributed by atoms with Crippen LogP contribution in [0.4, 0.5) is 0 Å². The van der Waals surface area contributed by atoms with Gasteiger partial charge in [0.25, 0.3) is 0 Å². The van der Waals surface area contributed by atoms with Crippen LogP contribution >= 0.6 is 22.6 Å². The van der Waals surface area contributed by atoms with Gasteiger partial charge in [-0.1, -0.05) is 0 Å². The molecule has 2 rings (SSSR count). The molecule has 1 aliphatic heterocycles. The lowest BCUT2D eigenvalue weighted by molar-refractivity contribution is 0.0322. The zero-order valence-electron chi connectivity index (χ0n) is 10.1. The number of aryl methyl sites for hydroxylation is 1. The van der Waals surface area contributed by atoms with Crippen LogP contribution in [0.5, 0.6) is 5.75 Å². The molecule has 94 valence electrons. The van der Waals surface area contributed by atoms with Gasteiger partial charge in [-0.15, -0.1) is 0 Å². The molecule has 0 unspecified atom stereocenters. The fourth-order valence-electron chi connectivity index (χ4n) is 1.88. The molecule has 17 heavy (non-hydrogen) atoms. The summed E-state index contributed by atoms with van der Waals surface area (Å²) in [6.07, 6.45) is 0. The third-order valence-electron chi connectivity index (χ3n) is 2.91. The molecule has 1 saturated heterocycles. The summed E-state index contributed by atoms with van der Waals surface area (Å²) >= 11 is 2.32. The number of rotatable bonds is 4. The van der Waals surface area contributed by atoms with Gasteiger partial charge in [0.15, 0.2) is 0 Å². The molecular formula is C13H18INO2. The zero-order chi connectivity index (χ0) is 12.1. The van der Waals surface area contributed by atoms with Crippen LogP contribution < -0.4 is 4.74 Å². The molecule has 0 bridgehead atoms. The lowest BCUT2D eigenvalue weighted by atomic mass is 10.2. The summed E-state index contributed by atoms with van der Waals surface area (Å²) in [6, 6.07) is 6.28. The van der Waals surface area contributed by atoms with Crippen LogP contribution in [0.3, 0.4) is 0 Å². The predicted molar refractivity (Wildman–Crippen MR) is 76.7 cm³/mol. The second kappa shape index (κ2) is 6.56. The van der Waals surface area contributed by atoms with Crippen molar-refractivity contribution in [3.8, 4) is 5.75 Å². The van der Waals surface area contributed by atoms with Crippen LogP contribution in [0.1, 0.15) is 5.56 Å². The fourth-order valence-corrected chi connectivity index (χ4v) is 2.53. The molecule has 0 saturated carbocycles. The molecular weight excluding hydrogens is 329 g/mol. The van der Waals surface area contributed by atoms with Gasteiger partial charge in [-0.05, 0) is 53.3 Å². The Morgan fingerprint density at radius 3 is 2.82 bits per heavy atom. The van der Waals surface area contributed by atoms with Gasteiger partial charge in [-0.25, -0.2) is 0 Å². The fraction of sp³-hybridized carbons (Fsp3) is 0.538. The predicted octanol–water partition coefficient (Wildman–Crippen LogP) is 2.31. The van der Waals surface area contributed by atoms with Crippen molar-refractivity contribution in [1.82, 2.24) is 4.90 Å². The second-order valence-corrected chi connectivity index (χ2v) is 5.46. The summed E-state index contributed by atoms with van der Waals surface area (Å²) in [4.78, 5) is 2.38. The number of morpholine rings is 1. The monoisotopic (exact) mass is 347 g/mol. The van der Waals surface area contributed by atoms with Crippen LogP contribution in [0, 0.1) is 10.5 Å². The van der Waals surface area contributed by atoms with Crippen molar-refractivity contribution in [2.24, 2.45) is 0 Å². The standard InChI is InChI=1S/C13H18INO2/c1-11-10-12(14)2-3-13(11)17-9-6-15-4-7-16-8-5-15/h2-3,10H,4-9H2,1H3. The van der Waals surface area contributed by atoms with Gasteiger partial charge in [0.1, 0.15) is 12.4 Å². The van der Waals surface area contributed by atoms with Crippen LogP contribution in [0.15, 0.2) is 18.2 Å². The minimum absolute atomic E-state index is 0.751. The van der Waals surface area contributed by atoms with Gasteiger partial charge < -0.3 is 9.47 Å². The van der Waals surface area contributed by atoms with E-state index in [1.54, 1.807) is 0 Å². The van der Waals surface area contributed by atoms with E-state index in [0.717, 1.165) is 45.2 Å². The summed E-state index contributed by atoms with van der Waals surface area (Å²) in [5.74, 6) is 0.999. The highest BCUT2D eigenvalue weighted by Gasteiger charge is 2.10. The molecule has 1 heterocycles. The highest BCUT2D eigenvalue weighted by atomic mass is 127. The van der Waals surface area contributed by atoms with Gasteiger partial charge in [-0.2, -0.15) is 0 Å². The molecule has 3 nitrogen and oxygen atoms in total. The molecule has 1 aliphatic rings. The number of hydrogen-bond acceptors (Lipinski definition) is 3. The summed E-state index contributed by atoms with van der Waals surface area (Å²) in [6.45, 7) is 7.57. The van der Waals surface area contributed by atoms with E-state index in [2.05, 4.69) is 52.6 Å². The molecule has 1 aromatic rings. The lowest BCUT2D eigenvalue weighted by Crippen LogP contribution is -2.38. The molecule has 1 fully saturated rings. The summed E-state index contributed by atoms with van der Waals surface area (Å²) in [5.41, 5.74) is 1.21. The van der Waals surface area contributed by atoms with Crippen molar-refractivity contribution < 1.29 is 9.47 Å². The van der Waals surface area contributed by atoms with Gasteiger partial charge in [-0.3, -0.25) is 4.90 Å². The van der Waals surface area contributed by atoms with E-state index in [1.165, 1.54) is 9.13 Å². The number of ether oxygens (including phenoxy) is 2. The Labute approximate surface area is 116 Å². The molecule has 0 spiro atoms. The van der Waals surface area contributed by atoms with Crippen molar-refractivity contribution in [2.75, 3.05) is 39.5 Å². The van der Waals surface area contributed by atoms with Gasteiger partial charge in [0.05, 0.1) is 13.2 Å². The van der Waals surface area contributed by atoms with E-state index in [-0.39, 0.29) is 0 Å². The van der Waals surface area contributed by atoms with Gasteiger partial charge >= 0.3 is 0 Å². The van der Waals surface area contributed by atoms with Crippen molar-refractivity contribution in [3.05, 3.63) is 27.3 Å². The average molecular weight is 347 g/mol. The van der Waals surface area contributed by atoms with E-state index < -0.39 is 0 Å². The third kappa shape index (κ3) is 4.12. The minimum atomic E-state index is 0.751. The van der Waals surface area contributed by atoms with Crippen LogP contribution in [-0.2, 0) is 4.74 Å². The maximum Gasteiger partial charge on any atom is 0.122 e. The molecule has 0 radical (unpaired) electrons. The minimum Gasteiger partial charge on any atom is -0.492 e. The maximum atomic E-state index is 5.81. The molecule has 0 aliphatic carbocycles. The van der Waals surface area contributed by atoms with Crippen molar-refractivity contribution in [3.63, 3.8) is 0 Å². The van der Waals surface area contributed by atoms with Gasteiger partial charge in [0.2, 0.25) is 0 Å². The quantitative estimate of drug-likeness (QED) is 0.781. The van der Waals surface area contributed by atoms with E-state index in [9.17, 15) is 0 Å². The number of nitrogens with zero attached hydrogens (tertiary/aromatic N) is 1. The van der Waals surface area contributed by atoms with Crippen molar-refractivity contribution in [2.45, 2.75) is 6.92 Å². The van der Waals surface area contributed by atoms with Crippen LogP contribution in [-0.4, -0.2) is 44.4 Å². The first-order chi connectivity index (χ1) is 8.25. The Kier molecular flexibility index (Phi) is 5.06. The van der Waals surface area contributed by atoms with Crippen LogP contribution in [0.25, 0.3) is 0 Å². The summed E-state index contributed by atoms with van der Waals surface area (Å²) in [5, 5.41) is 0. The number of halogens is 1. The molecule has 0 aromatic heterocycles. The summed E-state index contributed by atoms with van der Waals surface area (Å²) < 4.78 is 12.4. The second-order valence-electron chi connectivity index (χ2n) is 4.21. The molecule has 0 atom stereocenters. The Balaban J connectivity index is 1.77. The zero-order valence-corrected chi connectivity index (χ0v) is 12.3. The topological polar surface area (TPSA) is 21.7 Å². The van der Waals surface area contributed by atoms with E-state index in [1.807, 2.05) is 0 Å². The Morgan fingerprint density at radius 2 is 2.12 bits per heavy atom. The Morgan fingerprint density at radius 1 is 1.35 bits per heavy atom. The molecule has 4 heteroatoms. The SMILES string of the molecule is Cc1cc(I)ccc1OCCN1CCOCC1. The average Bonchev–Trinajstić information content (AvgIpc) is 2.33. The van der Waals surface area contributed by atoms with Crippen LogP contribution in [0.2, 0.25) is 0 Å². The van der Waals surface area contributed by atoms with E-state index in [4.69, 9.17) is 9.47 Å². The number of hydrogen-bond donors (Lipinski definition) is 0. The Hall–Kier alpha value is -0.330. The molecule has 0 N–H and O–H groups in total. The lowest BCUT2D eigenvalue weighted by Gasteiger charge is -2.26. The van der Waals surface area contributed by atoms with E-state index in [0.29, 0.717) is 0 Å². The van der Waals surface area contributed by atoms with Gasteiger partial charge in [0, 0.05) is 23.2 Å². The first kappa shape index (κ1) is 13.1. The maximum absolute atomic E-state index is 5.81.